The van der Waals surface area contributed by atoms with E-state index in [0.717, 1.165) is 5.56 Å². The van der Waals surface area contributed by atoms with E-state index in [9.17, 15) is 9.59 Å². The Morgan fingerprint density at radius 1 is 1.27 bits per heavy atom. The van der Waals surface area contributed by atoms with E-state index in [-0.39, 0.29) is 11.7 Å². The van der Waals surface area contributed by atoms with Crippen LogP contribution in [0.15, 0.2) is 47.3 Å². The van der Waals surface area contributed by atoms with Crippen LogP contribution in [-0.2, 0) is 6.42 Å². The fraction of sp³-hybridized carbons (Fsp3) is 0.211. The second-order valence-corrected chi connectivity index (χ2v) is 6.07. The summed E-state index contributed by atoms with van der Waals surface area (Å²) in [5.41, 5.74) is 1.43. The van der Waals surface area contributed by atoms with Crippen molar-refractivity contribution in [1.29, 1.82) is 0 Å². The SMILES string of the molecule is COc1cccc2c1OC[C@H](NC(=O)c1nc3ccccc3[nH]c1=O)C2. The minimum atomic E-state index is -0.517. The number of hydrogen-bond donors (Lipinski definition) is 2. The van der Waals surface area contributed by atoms with Crippen molar-refractivity contribution in [3.05, 3.63) is 64.1 Å². The lowest BCUT2D eigenvalue weighted by Crippen LogP contribution is -2.44. The Morgan fingerprint density at radius 2 is 2.12 bits per heavy atom. The van der Waals surface area contributed by atoms with Crippen LogP contribution >= 0.6 is 0 Å². The van der Waals surface area contributed by atoms with Gasteiger partial charge in [-0.05, 0) is 24.6 Å². The fourth-order valence-corrected chi connectivity index (χ4v) is 3.08. The van der Waals surface area contributed by atoms with Crippen LogP contribution in [0.25, 0.3) is 11.0 Å². The molecule has 0 saturated heterocycles. The number of hydrogen-bond acceptors (Lipinski definition) is 5. The normalized spacial score (nSPS) is 15.8. The van der Waals surface area contributed by atoms with Gasteiger partial charge < -0.3 is 19.8 Å². The number of methoxy groups -OCH3 is 1. The Balaban J connectivity index is 1.56. The molecule has 0 aliphatic carbocycles. The summed E-state index contributed by atoms with van der Waals surface area (Å²) >= 11 is 0. The van der Waals surface area contributed by atoms with Crippen molar-refractivity contribution in [2.75, 3.05) is 13.7 Å². The number of carbonyl (C=O) groups is 1. The Morgan fingerprint density at radius 3 is 2.96 bits per heavy atom. The Labute approximate surface area is 149 Å². The van der Waals surface area contributed by atoms with Crippen molar-refractivity contribution in [1.82, 2.24) is 15.3 Å². The third kappa shape index (κ3) is 2.88. The molecule has 0 radical (unpaired) electrons. The molecular formula is C19H17N3O4. The maximum absolute atomic E-state index is 12.5. The van der Waals surface area contributed by atoms with Crippen LogP contribution in [0.1, 0.15) is 16.1 Å². The van der Waals surface area contributed by atoms with Gasteiger partial charge in [0, 0.05) is 5.56 Å². The molecule has 7 nitrogen and oxygen atoms in total. The fourth-order valence-electron chi connectivity index (χ4n) is 3.08. The molecule has 1 aliphatic heterocycles. The molecule has 132 valence electrons. The molecular weight excluding hydrogens is 334 g/mol. The van der Waals surface area contributed by atoms with Gasteiger partial charge in [-0.2, -0.15) is 0 Å². The molecule has 1 aliphatic rings. The number of carbonyl (C=O) groups excluding carboxylic acids is 1. The maximum atomic E-state index is 12.5. The molecule has 1 atom stereocenters. The van der Waals surface area contributed by atoms with Crippen molar-refractivity contribution < 1.29 is 14.3 Å². The molecule has 4 rings (SSSR count). The first-order valence-electron chi connectivity index (χ1n) is 8.24. The van der Waals surface area contributed by atoms with Gasteiger partial charge >= 0.3 is 0 Å². The monoisotopic (exact) mass is 351 g/mol. The van der Waals surface area contributed by atoms with Crippen molar-refractivity contribution in [2.24, 2.45) is 0 Å². The largest absolute Gasteiger partial charge is 0.493 e. The summed E-state index contributed by atoms with van der Waals surface area (Å²) < 4.78 is 11.0. The van der Waals surface area contributed by atoms with E-state index in [2.05, 4.69) is 15.3 Å². The van der Waals surface area contributed by atoms with E-state index in [1.165, 1.54) is 0 Å². The van der Waals surface area contributed by atoms with E-state index >= 15 is 0 Å². The van der Waals surface area contributed by atoms with Gasteiger partial charge in [0.15, 0.2) is 17.2 Å². The van der Waals surface area contributed by atoms with Crippen LogP contribution in [0.2, 0.25) is 0 Å². The molecule has 2 N–H and O–H groups in total. The summed E-state index contributed by atoms with van der Waals surface area (Å²) in [6, 6.07) is 12.5. The van der Waals surface area contributed by atoms with Crippen LogP contribution in [0, 0.1) is 0 Å². The number of benzene rings is 2. The summed E-state index contributed by atoms with van der Waals surface area (Å²) in [6.45, 7) is 0.296. The molecule has 26 heavy (non-hydrogen) atoms. The zero-order chi connectivity index (χ0) is 18.1. The van der Waals surface area contributed by atoms with Crippen LogP contribution in [-0.4, -0.2) is 35.6 Å². The molecule has 7 heteroatoms. The van der Waals surface area contributed by atoms with Crippen LogP contribution in [0.3, 0.4) is 0 Å². The first-order chi connectivity index (χ1) is 12.7. The molecule has 1 aromatic heterocycles. The summed E-state index contributed by atoms with van der Waals surface area (Å²) in [4.78, 5) is 31.6. The lowest BCUT2D eigenvalue weighted by Gasteiger charge is -2.27. The number of H-pyrrole nitrogens is 1. The number of rotatable bonds is 3. The van der Waals surface area contributed by atoms with E-state index in [4.69, 9.17) is 9.47 Å². The maximum Gasteiger partial charge on any atom is 0.280 e. The molecule has 1 amide bonds. The van der Waals surface area contributed by atoms with Gasteiger partial charge in [0.2, 0.25) is 0 Å². The summed E-state index contributed by atoms with van der Waals surface area (Å²) in [7, 11) is 1.59. The second-order valence-electron chi connectivity index (χ2n) is 6.07. The molecule has 3 aromatic rings. The highest BCUT2D eigenvalue weighted by atomic mass is 16.5. The molecule has 0 fully saturated rings. The predicted molar refractivity (Wildman–Crippen MR) is 95.8 cm³/mol. The highest BCUT2D eigenvalue weighted by Crippen LogP contribution is 2.34. The van der Waals surface area contributed by atoms with Gasteiger partial charge in [-0.3, -0.25) is 9.59 Å². The summed E-state index contributed by atoms with van der Waals surface area (Å²) in [5.74, 6) is 0.846. The van der Waals surface area contributed by atoms with Crippen molar-refractivity contribution in [3.63, 3.8) is 0 Å². The first kappa shape index (κ1) is 16.1. The Hall–Kier alpha value is -3.35. The molecule has 2 heterocycles. The molecule has 0 unspecified atom stereocenters. The number of nitrogens with zero attached hydrogens (tertiary/aromatic N) is 1. The van der Waals surface area contributed by atoms with E-state index in [1.807, 2.05) is 18.2 Å². The van der Waals surface area contributed by atoms with Gasteiger partial charge in [0.05, 0.1) is 24.2 Å². The standard InChI is InChI=1S/C19H17N3O4/c1-25-15-8-4-5-11-9-12(10-26-17(11)15)20-18(23)16-19(24)22-14-7-3-2-6-13(14)21-16/h2-8,12H,9-10H2,1H3,(H,20,23)(H,22,24)/t12-/m1/s1. The first-order valence-corrected chi connectivity index (χ1v) is 8.24. The smallest absolute Gasteiger partial charge is 0.280 e. The second kappa shape index (κ2) is 6.51. The molecule has 0 saturated carbocycles. The Bertz CT molecular complexity index is 1040. The molecule has 0 bridgehead atoms. The van der Waals surface area contributed by atoms with Crippen molar-refractivity contribution >= 4 is 16.9 Å². The quantitative estimate of drug-likeness (QED) is 0.749. The lowest BCUT2D eigenvalue weighted by molar-refractivity contribution is 0.0908. The number of ether oxygens (including phenoxy) is 2. The third-order valence-electron chi connectivity index (χ3n) is 4.33. The van der Waals surface area contributed by atoms with Gasteiger partial charge in [-0.15, -0.1) is 0 Å². The molecule has 2 aromatic carbocycles. The van der Waals surface area contributed by atoms with E-state index < -0.39 is 11.5 Å². The number of nitrogens with one attached hydrogen (secondary N) is 2. The molecule has 0 spiro atoms. The van der Waals surface area contributed by atoms with Gasteiger partial charge in [-0.1, -0.05) is 24.3 Å². The minimum absolute atomic E-state index is 0.153. The van der Waals surface area contributed by atoms with Crippen LogP contribution in [0.5, 0.6) is 11.5 Å². The van der Waals surface area contributed by atoms with Gasteiger partial charge in [0.1, 0.15) is 6.61 Å². The highest BCUT2D eigenvalue weighted by Gasteiger charge is 2.25. The topological polar surface area (TPSA) is 93.3 Å². The zero-order valence-electron chi connectivity index (χ0n) is 14.1. The van der Waals surface area contributed by atoms with Gasteiger partial charge in [-0.25, -0.2) is 4.98 Å². The number of fused-ring (bicyclic) bond motifs is 2. The summed E-state index contributed by atoms with van der Waals surface area (Å²) in [6.07, 6.45) is 0.587. The average molecular weight is 351 g/mol. The zero-order valence-corrected chi connectivity index (χ0v) is 14.1. The number of amides is 1. The third-order valence-corrected chi connectivity index (χ3v) is 4.33. The number of aromatic amines is 1. The summed E-state index contributed by atoms with van der Waals surface area (Å²) in [5, 5.41) is 2.83. The average Bonchev–Trinajstić information content (AvgIpc) is 2.66. The lowest BCUT2D eigenvalue weighted by atomic mass is 10.0. The van der Waals surface area contributed by atoms with E-state index in [0.29, 0.717) is 35.6 Å². The van der Waals surface area contributed by atoms with Gasteiger partial charge in [0.25, 0.3) is 11.5 Å². The van der Waals surface area contributed by atoms with Crippen molar-refractivity contribution in [2.45, 2.75) is 12.5 Å². The minimum Gasteiger partial charge on any atom is -0.493 e. The number of aromatic nitrogens is 2. The van der Waals surface area contributed by atoms with Crippen LogP contribution < -0.4 is 20.3 Å². The van der Waals surface area contributed by atoms with Crippen molar-refractivity contribution in [3.8, 4) is 11.5 Å². The Kier molecular flexibility index (Phi) is 4.04. The van der Waals surface area contributed by atoms with Crippen LogP contribution in [0.4, 0.5) is 0 Å². The van der Waals surface area contributed by atoms with E-state index in [1.54, 1.807) is 31.4 Å². The predicted octanol–water partition coefficient (Wildman–Crippen LogP) is 1.67. The highest BCUT2D eigenvalue weighted by molar-refractivity contribution is 5.93. The number of para-hydroxylation sites is 3.